The molecule has 0 aliphatic carbocycles. The van der Waals surface area contributed by atoms with Gasteiger partial charge in [0.05, 0.1) is 0 Å². The van der Waals surface area contributed by atoms with E-state index in [0.717, 1.165) is 16.8 Å². The van der Waals surface area contributed by atoms with E-state index in [4.69, 9.17) is 6.42 Å². The van der Waals surface area contributed by atoms with E-state index in [2.05, 4.69) is 11.2 Å². The smallest absolute Gasteiger partial charge is 0.0379 e. The Morgan fingerprint density at radius 3 is 2.58 bits per heavy atom. The lowest BCUT2D eigenvalue weighted by atomic mass is 10.1. The summed E-state index contributed by atoms with van der Waals surface area (Å²) in [6.45, 7) is 2.01. The zero-order valence-electron chi connectivity index (χ0n) is 7.22. The lowest BCUT2D eigenvalue weighted by Crippen LogP contribution is -1.93. The third kappa shape index (κ3) is 1.93. The van der Waals surface area contributed by atoms with Gasteiger partial charge in [-0.1, -0.05) is 12.0 Å². The summed E-state index contributed by atoms with van der Waals surface area (Å²) in [5, 5.41) is 3.07. The molecule has 1 aromatic carbocycles. The third-order valence-electron chi connectivity index (χ3n) is 1.76. The van der Waals surface area contributed by atoms with Crippen molar-refractivity contribution >= 4 is 18.1 Å². The number of halogens is 1. The number of rotatable bonds is 1. The predicted octanol–water partition coefficient (Wildman–Crippen LogP) is 2.44. The first kappa shape index (κ1) is 10.9. The van der Waals surface area contributed by atoms with Crippen LogP contribution in [-0.2, 0) is 0 Å². The van der Waals surface area contributed by atoms with E-state index in [1.165, 1.54) is 0 Å². The quantitative estimate of drug-likeness (QED) is 0.657. The topological polar surface area (TPSA) is 12.0 Å². The van der Waals surface area contributed by atoms with E-state index in [1.54, 1.807) is 0 Å². The lowest BCUT2D eigenvalue weighted by molar-refractivity contribution is 1.38. The zero-order chi connectivity index (χ0) is 8.27. The minimum Gasteiger partial charge on any atom is -0.388 e. The molecule has 1 N–H and O–H groups in total. The summed E-state index contributed by atoms with van der Waals surface area (Å²) in [5.74, 6) is 2.63. The first-order chi connectivity index (χ1) is 5.29. The molecule has 2 heteroatoms. The van der Waals surface area contributed by atoms with Gasteiger partial charge in [-0.25, -0.2) is 0 Å². The molecule has 0 aromatic heterocycles. The van der Waals surface area contributed by atoms with Crippen LogP contribution in [0, 0.1) is 19.3 Å². The zero-order valence-corrected chi connectivity index (χ0v) is 8.03. The molecule has 0 bridgehead atoms. The van der Waals surface area contributed by atoms with Crippen LogP contribution in [0.2, 0.25) is 0 Å². The number of benzene rings is 1. The van der Waals surface area contributed by atoms with E-state index in [9.17, 15) is 0 Å². The van der Waals surface area contributed by atoms with Gasteiger partial charge in [-0.2, -0.15) is 0 Å². The highest BCUT2D eigenvalue weighted by atomic mass is 35.5. The molecule has 0 fully saturated rings. The SMILES string of the molecule is C#Cc1cccc(NC)c1C.Cl. The maximum absolute atomic E-state index is 5.30. The fraction of sp³-hybridized carbons (Fsp3) is 0.200. The normalized spacial score (nSPS) is 8.08. The van der Waals surface area contributed by atoms with Crippen LogP contribution in [0.5, 0.6) is 0 Å². The van der Waals surface area contributed by atoms with E-state index in [-0.39, 0.29) is 12.4 Å². The van der Waals surface area contributed by atoms with Gasteiger partial charge in [0.15, 0.2) is 0 Å². The van der Waals surface area contributed by atoms with Crippen LogP contribution in [0.3, 0.4) is 0 Å². The van der Waals surface area contributed by atoms with Crippen molar-refractivity contribution in [1.29, 1.82) is 0 Å². The molecule has 0 aliphatic rings. The van der Waals surface area contributed by atoms with Crippen molar-refractivity contribution in [2.24, 2.45) is 0 Å². The second-order valence-corrected chi connectivity index (χ2v) is 2.37. The Kier molecular flexibility index (Phi) is 4.25. The Balaban J connectivity index is 0.00000121. The van der Waals surface area contributed by atoms with Crippen molar-refractivity contribution in [3.8, 4) is 12.3 Å². The summed E-state index contributed by atoms with van der Waals surface area (Å²) < 4.78 is 0. The van der Waals surface area contributed by atoms with E-state index < -0.39 is 0 Å². The summed E-state index contributed by atoms with van der Waals surface area (Å²) in [5.41, 5.74) is 3.19. The largest absolute Gasteiger partial charge is 0.388 e. The molecular formula is C10H12ClN. The van der Waals surface area contributed by atoms with Gasteiger partial charge in [-0.15, -0.1) is 18.8 Å². The molecule has 0 unspecified atom stereocenters. The van der Waals surface area contributed by atoms with Crippen LogP contribution < -0.4 is 5.32 Å². The van der Waals surface area contributed by atoms with Crippen molar-refractivity contribution in [2.45, 2.75) is 6.92 Å². The number of anilines is 1. The van der Waals surface area contributed by atoms with Crippen molar-refractivity contribution in [3.63, 3.8) is 0 Å². The van der Waals surface area contributed by atoms with Gasteiger partial charge < -0.3 is 5.32 Å². The maximum atomic E-state index is 5.30. The van der Waals surface area contributed by atoms with Crippen molar-refractivity contribution in [3.05, 3.63) is 29.3 Å². The predicted molar refractivity (Wildman–Crippen MR) is 55.9 cm³/mol. The van der Waals surface area contributed by atoms with E-state index in [0.29, 0.717) is 0 Å². The summed E-state index contributed by atoms with van der Waals surface area (Å²) in [6.07, 6.45) is 5.30. The summed E-state index contributed by atoms with van der Waals surface area (Å²) in [6, 6.07) is 5.90. The van der Waals surface area contributed by atoms with Gasteiger partial charge in [0.2, 0.25) is 0 Å². The second-order valence-electron chi connectivity index (χ2n) is 2.37. The lowest BCUT2D eigenvalue weighted by Gasteiger charge is -2.05. The Bertz CT molecular complexity index is 299. The molecule has 0 amide bonds. The van der Waals surface area contributed by atoms with Gasteiger partial charge in [-0.05, 0) is 24.6 Å². The van der Waals surface area contributed by atoms with E-state index in [1.807, 2.05) is 32.2 Å². The van der Waals surface area contributed by atoms with Gasteiger partial charge in [0.1, 0.15) is 0 Å². The number of hydrogen-bond donors (Lipinski definition) is 1. The molecule has 1 nitrogen and oxygen atoms in total. The van der Waals surface area contributed by atoms with Crippen LogP contribution in [0.1, 0.15) is 11.1 Å². The minimum absolute atomic E-state index is 0. The first-order valence-corrected chi connectivity index (χ1v) is 3.53. The number of nitrogens with one attached hydrogen (secondary N) is 1. The Morgan fingerprint density at radius 1 is 1.42 bits per heavy atom. The minimum atomic E-state index is 0. The summed E-state index contributed by atoms with van der Waals surface area (Å²) >= 11 is 0. The van der Waals surface area contributed by atoms with Crippen molar-refractivity contribution in [1.82, 2.24) is 0 Å². The molecule has 1 aromatic rings. The van der Waals surface area contributed by atoms with Crippen LogP contribution >= 0.6 is 12.4 Å². The van der Waals surface area contributed by atoms with Gasteiger partial charge in [-0.3, -0.25) is 0 Å². The van der Waals surface area contributed by atoms with Crippen molar-refractivity contribution < 1.29 is 0 Å². The molecule has 0 saturated heterocycles. The van der Waals surface area contributed by atoms with Crippen LogP contribution in [0.25, 0.3) is 0 Å². The van der Waals surface area contributed by atoms with Gasteiger partial charge in [0.25, 0.3) is 0 Å². The van der Waals surface area contributed by atoms with Crippen molar-refractivity contribution in [2.75, 3.05) is 12.4 Å². The average Bonchev–Trinajstić information content (AvgIpc) is 2.05. The molecule has 64 valence electrons. The Morgan fingerprint density at radius 2 is 2.08 bits per heavy atom. The molecular weight excluding hydrogens is 170 g/mol. The van der Waals surface area contributed by atoms with Gasteiger partial charge >= 0.3 is 0 Å². The van der Waals surface area contributed by atoms with Crippen LogP contribution in [0.4, 0.5) is 5.69 Å². The van der Waals surface area contributed by atoms with Gasteiger partial charge in [0, 0.05) is 18.3 Å². The molecule has 1 rings (SSSR count). The highest BCUT2D eigenvalue weighted by Gasteiger charge is 1.97. The Labute approximate surface area is 79.6 Å². The monoisotopic (exact) mass is 181 g/mol. The third-order valence-corrected chi connectivity index (χ3v) is 1.76. The maximum Gasteiger partial charge on any atom is 0.0379 e. The average molecular weight is 182 g/mol. The molecule has 0 spiro atoms. The van der Waals surface area contributed by atoms with Crippen LogP contribution in [0.15, 0.2) is 18.2 Å². The fourth-order valence-corrected chi connectivity index (χ4v) is 1.06. The molecule has 0 aliphatic heterocycles. The Hall–Kier alpha value is -1.13. The molecule has 0 saturated carbocycles. The summed E-state index contributed by atoms with van der Waals surface area (Å²) in [4.78, 5) is 0. The summed E-state index contributed by atoms with van der Waals surface area (Å²) in [7, 11) is 1.89. The molecule has 0 heterocycles. The number of terminal acetylenes is 1. The highest BCUT2D eigenvalue weighted by Crippen LogP contribution is 2.16. The first-order valence-electron chi connectivity index (χ1n) is 3.53. The highest BCUT2D eigenvalue weighted by molar-refractivity contribution is 5.85. The molecule has 0 atom stereocenters. The second kappa shape index (κ2) is 4.69. The van der Waals surface area contributed by atoms with E-state index >= 15 is 0 Å². The molecule has 0 radical (unpaired) electrons. The van der Waals surface area contributed by atoms with Crippen LogP contribution in [-0.4, -0.2) is 7.05 Å². The number of hydrogen-bond acceptors (Lipinski definition) is 1. The molecule has 12 heavy (non-hydrogen) atoms. The fourth-order valence-electron chi connectivity index (χ4n) is 1.06. The standard InChI is InChI=1S/C10H11N.ClH/c1-4-9-6-5-7-10(11-3)8(9)2;/h1,5-7,11H,2-3H3;1H.